The summed E-state index contributed by atoms with van der Waals surface area (Å²) in [6.07, 6.45) is -8.16. The molecule has 0 unspecified atom stereocenters. The van der Waals surface area contributed by atoms with Crippen molar-refractivity contribution in [3.05, 3.63) is 33.9 Å². The molecule has 0 fully saturated rings. The van der Waals surface area contributed by atoms with Crippen molar-refractivity contribution in [2.45, 2.75) is 19.1 Å². The number of carbonyl (C=O) groups excluding carboxylic acids is 1. The average Bonchev–Trinajstić information content (AvgIpc) is 2.48. The van der Waals surface area contributed by atoms with Crippen molar-refractivity contribution < 1.29 is 31.5 Å². The number of esters is 1. The van der Waals surface area contributed by atoms with Crippen molar-refractivity contribution in [1.82, 2.24) is 14.8 Å². The van der Waals surface area contributed by atoms with E-state index < -0.39 is 53.0 Å². The molecule has 6 nitrogen and oxygen atoms in total. The second-order valence-corrected chi connectivity index (χ2v) is 4.32. The predicted octanol–water partition coefficient (Wildman–Crippen LogP) is 1.92. The first-order valence-corrected chi connectivity index (χ1v) is 5.99. The zero-order valence-corrected chi connectivity index (χ0v) is 11.4. The maximum absolute atomic E-state index is 13.0. The van der Waals surface area contributed by atoms with E-state index in [4.69, 9.17) is 0 Å². The lowest BCUT2D eigenvalue weighted by molar-refractivity contribution is -0.142. The SMILES string of the molecule is COC(=O)Cn1nc(C(F)F)c2nc(C(F)(F)F)ccc2c1=O. The smallest absolute Gasteiger partial charge is 0.433 e. The van der Waals surface area contributed by atoms with Crippen LogP contribution < -0.4 is 5.56 Å². The summed E-state index contributed by atoms with van der Waals surface area (Å²) in [4.78, 5) is 26.3. The van der Waals surface area contributed by atoms with Crippen LogP contribution in [0.1, 0.15) is 17.8 Å². The molecule has 0 bridgehead atoms. The third-order valence-corrected chi connectivity index (χ3v) is 2.83. The van der Waals surface area contributed by atoms with Crippen LogP contribution in [-0.2, 0) is 22.3 Å². The summed E-state index contributed by atoms with van der Waals surface area (Å²) in [5.74, 6) is -0.931. The summed E-state index contributed by atoms with van der Waals surface area (Å²) in [7, 11) is 1.01. The summed E-state index contributed by atoms with van der Waals surface area (Å²) < 4.78 is 68.7. The van der Waals surface area contributed by atoms with Gasteiger partial charge in [0.1, 0.15) is 17.8 Å². The maximum atomic E-state index is 13.0. The molecular weight excluding hydrogens is 329 g/mol. The van der Waals surface area contributed by atoms with Crippen molar-refractivity contribution in [1.29, 1.82) is 0 Å². The number of hydrogen-bond acceptors (Lipinski definition) is 5. The van der Waals surface area contributed by atoms with Gasteiger partial charge in [0.05, 0.1) is 12.5 Å². The quantitative estimate of drug-likeness (QED) is 0.632. The number of fused-ring (bicyclic) bond motifs is 1. The van der Waals surface area contributed by atoms with E-state index in [1.54, 1.807) is 0 Å². The fraction of sp³-hybridized carbons (Fsp3) is 0.333. The van der Waals surface area contributed by atoms with Crippen LogP contribution in [0.4, 0.5) is 22.0 Å². The van der Waals surface area contributed by atoms with E-state index >= 15 is 0 Å². The molecule has 2 aromatic heterocycles. The number of halogens is 5. The van der Waals surface area contributed by atoms with Crippen LogP contribution in [0.3, 0.4) is 0 Å². The number of methoxy groups -OCH3 is 1. The summed E-state index contributed by atoms with van der Waals surface area (Å²) in [6.45, 7) is -0.758. The number of hydrogen-bond donors (Lipinski definition) is 0. The highest BCUT2D eigenvalue weighted by Gasteiger charge is 2.33. The van der Waals surface area contributed by atoms with Gasteiger partial charge in [0, 0.05) is 0 Å². The molecule has 11 heteroatoms. The second-order valence-electron chi connectivity index (χ2n) is 4.32. The Hall–Kier alpha value is -2.59. The van der Waals surface area contributed by atoms with Gasteiger partial charge in [-0.3, -0.25) is 9.59 Å². The third kappa shape index (κ3) is 3.27. The summed E-state index contributed by atoms with van der Waals surface area (Å²) in [5, 5.41) is 2.73. The van der Waals surface area contributed by atoms with Gasteiger partial charge in [-0.1, -0.05) is 0 Å². The topological polar surface area (TPSA) is 74.1 Å². The lowest BCUT2D eigenvalue weighted by Gasteiger charge is -2.11. The van der Waals surface area contributed by atoms with E-state index in [1.165, 1.54) is 0 Å². The Bertz CT molecular complexity index is 816. The van der Waals surface area contributed by atoms with Crippen LogP contribution in [0, 0.1) is 0 Å². The van der Waals surface area contributed by atoms with Gasteiger partial charge in [0.25, 0.3) is 12.0 Å². The molecule has 0 aliphatic heterocycles. The first-order chi connectivity index (χ1) is 10.6. The van der Waals surface area contributed by atoms with E-state index in [-0.39, 0.29) is 0 Å². The van der Waals surface area contributed by atoms with E-state index in [1.807, 2.05) is 0 Å². The molecule has 0 amide bonds. The number of aromatic nitrogens is 3. The lowest BCUT2D eigenvalue weighted by Crippen LogP contribution is -2.29. The first kappa shape index (κ1) is 16.8. The number of alkyl halides is 5. The third-order valence-electron chi connectivity index (χ3n) is 2.83. The van der Waals surface area contributed by atoms with Crippen LogP contribution >= 0.6 is 0 Å². The Kier molecular flexibility index (Phi) is 4.30. The summed E-state index contributed by atoms with van der Waals surface area (Å²) in [5.41, 5.74) is -4.45. The van der Waals surface area contributed by atoms with Gasteiger partial charge in [-0.15, -0.1) is 0 Å². The fourth-order valence-electron chi connectivity index (χ4n) is 1.79. The Labute approximate surface area is 124 Å². The minimum Gasteiger partial charge on any atom is -0.468 e. The summed E-state index contributed by atoms with van der Waals surface area (Å²) in [6, 6.07) is 1.20. The molecule has 0 saturated heterocycles. The van der Waals surface area contributed by atoms with Gasteiger partial charge >= 0.3 is 12.1 Å². The Morgan fingerprint density at radius 1 is 1.35 bits per heavy atom. The van der Waals surface area contributed by atoms with Gasteiger partial charge in [-0.2, -0.15) is 18.3 Å². The molecule has 0 saturated carbocycles. The number of rotatable bonds is 3. The van der Waals surface area contributed by atoms with Crippen LogP contribution in [0.15, 0.2) is 16.9 Å². The summed E-state index contributed by atoms with van der Waals surface area (Å²) >= 11 is 0. The minimum absolute atomic E-state index is 0.393. The molecule has 124 valence electrons. The zero-order chi connectivity index (χ0) is 17.4. The average molecular weight is 337 g/mol. The molecule has 2 aromatic rings. The van der Waals surface area contributed by atoms with Crippen LogP contribution in [0.2, 0.25) is 0 Å². The number of nitrogens with zero attached hydrogens (tertiary/aromatic N) is 3. The minimum atomic E-state index is -4.87. The van der Waals surface area contributed by atoms with Gasteiger partial charge in [0.2, 0.25) is 0 Å². The largest absolute Gasteiger partial charge is 0.468 e. The Morgan fingerprint density at radius 3 is 2.52 bits per heavy atom. The van der Waals surface area contributed by atoms with E-state index in [0.29, 0.717) is 10.7 Å². The fourth-order valence-corrected chi connectivity index (χ4v) is 1.79. The van der Waals surface area contributed by atoms with Crippen molar-refractivity contribution in [2.75, 3.05) is 7.11 Å². The van der Waals surface area contributed by atoms with Gasteiger partial charge in [-0.05, 0) is 12.1 Å². The molecule has 2 rings (SSSR count). The Balaban J connectivity index is 2.75. The van der Waals surface area contributed by atoms with Crippen molar-refractivity contribution in [3.8, 4) is 0 Å². The molecular formula is C12H8F5N3O3. The van der Waals surface area contributed by atoms with Gasteiger partial charge in [0.15, 0.2) is 5.69 Å². The number of ether oxygens (including phenoxy) is 1. The predicted molar refractivity (Wildman–Crippen MR) is 65.8 cm³/mol. The van der Waals surface area contributed by atoms with Crippen LogP contribution in [-0.4, -0.2) is 27.8 Å². The molecule has 0 radical (unpaired) electrons. The molecule has 2 heterocycles. The van der Waals surface area contributed by atoms with E-state index in [2.05, 4.69) is 14.8 Å². The molecule has 0 aliphatic rings. The maximum Gasteiger partial charge on any atom is 0.433 e. The molecule has 23 heavy (non-hydrogen) atoms. The first-order valence-electron chi connectivity index (χ1n) is 5.99. The second kappa shape index (κ2) is 5.89. The standard InChI is InChI=1S/C12H8F5N3O3/c1-23-7(21)4-20-11(22)5-2-3-6(12(15,16)17)18-8(5)9(19-20)10(13)14/h2-3,10H,4H2,1H3. The van der Waals surface area contributed by atoms with Gasteiger partial charge < -0.3 is 4.74 Å². The van der Waals surface area contributed by atoms with Crippen LogP contribution in [0.25, 0.3) is 10.9 Å². The van der Waals surface area contributed by atoms with Crippen LogP contribution in [0.5, 0.6) is 0 Å². The van der Waals surface area contributed by atoms with Crippen molar-refractivity contribution in [3.63, 3.8) is 0 Å². The highest BCUT2D eigenvalue weighted by molar-refractivity contribution is 5.80. The van der Waals surface area contributed by atoms with E-state index in [0.717, 1.165) is 13.2 Å². The van der Waals surface area contributed by atoms with Crippen molar-refractivity contribution in [2.24, 2.45) is 0 Å². The highest BCUT2D eigenvalue weighted by atomic mass is 19.4. The highest BCUT2D eigenvalue weighted by Crippen LogP contribution is 2.30. The normalized spacial score (nSPS) is 12.0. The number of pyridine rings is 1. The molecule has 0 aromatic carbocycles. The van der Waals surface area contributed by atoms with E-state index in [9.17, 15) is 31.5 Å². The van der Waals surface area contributed by atoms with Crippen molar-refractivity contribution >= 4 is 16.9 Å². The number of carbonyl (C=O) groups is 1. The Morgan fingerprint density at radius 2 is 2.00 bits per heavy atom. The van der Waals surface area contributed by atoms with Gasteiger partial charge in [-0.25, -0.2) is 18.4 Å². The monoisotopic (exact) mass is 337 g/mol. The molecule has 0 atom stereocenters. The lowest BCUT2D eigenvalue weighted by atomic mass is 10.2. The molecule has 0 N–H and O–H groups in total. The zero-order valence-electron chi connectivity index (χ0n) is 11.4. The molecule has 0 spiro atoms. The molecule has 0 aliphatic carbocycles.